The summed E-state index contributed by atoms with van der Waals surface area (Å²) in [6, 6.07) is 0. The van der Waals surface area contributed by atoms with Crippen molar-refractivity contribution in [1.82, 2.24) is 4.72 Å². The van der Waals surface area contributed by atoms with Crippen LogP contribution in [0.5, 0.6) is 0 Å². The maximum Gasteiger partial charge on any atom is 0.511 e. The number of alkyl halides is 3. The highest BCUT2D eigenvalue weighted by Gasteiger charge is 2.45. The normalized spacial score (nSPS) is 15.3. The molecule has 1 atom stereocenters. The predicted molar refractivity (Wildman–Crippen MR) is 48.5 cm³/mol. The molecule has 92 valence electrons. The molecule has 8 heteroatoms. The first-order valence-electron chi connectivity index (χ1n) is 4.37. The fraction of sp³-hybridized carbons (Fsp3) is 1.00. The van der Waals surface area contributed by atoms with Gasteiger partial charge in [-0.1, -0.05) is 6.92 Å². The van der Waals surface area contributed by atoms with E-state index < -0.39 is 15.5 Å². The predicted octanol–water partition coefficient (Wildman–Crippen LogP) is 0.834. The molecule has 0 saturated heterocycles. The number of hydrogen-bond acceptors (Lipinski definition) is 3. The van der Waals surface area contributed by atoms with E-state index in [1.165, 1.54) is 4.72 Å². The molecular weight excluding hydrogens is 235 g/mol. The molecule has 0 spiro atoms. The molecular formula is C7H14F3NO3S. The third-order valence-electron chi connectivity index (χ3n) is 1.78. The van der Waals surface area contributed by atoms with E-state index >= 15 is 0 Å². The summed E-state index contributed by atoms with van der Waals surface area (Å²) in [7, 11) is -5.21. The highest BCUT2D eigenvalue weighted by Crippen LogP contribution is 2.21. The van der Waals surface area contributed by atoms with E-state index in [0.29, 0.717) is 6.42 Å². The number of hydrogen-bond donors (Lipinski definition) is 2. The van der Waals surface area contributed by atoms with E-state index in [9.17, 15) is 21.6 Å². The highest BCUT2D eigenvalue weighted by molar-refractivity contribution is 7.90. The minimum atomic E-state index is -5.25. The molecule has 0 aliphatic rings. The molecule has 0 aromatic carbocycles. The van der Waals surface area contributed by atoms with Crippen molar-refractivity contribution in [2.24, 2.45) is 5.92 Å². The van der Waals surface area contributed by atoms with Crippen LogP contribution >= 0.6 is 0 Å². The van der Waals surface area contributed by atoms with Crippen LogP contribution in [-0.2, 0) is 10.0 Å². The Labute approximate surface area is 86.5 Å². The van der Waals surface area contributed by atoms with Crippen molar-refractivity contribution in [2.45, 2.75) is 25.3 Å². The Morgan fingerprint density at radius 2 is 1.93 bits per heavy atom. The first-order chi connectivity index (χ1) is 6.70. The quantitative estimate of drug-likeness (QED) is 0.685. The van der Waals surface area contributed by atoms with E-state index in [1.807, 2.05) is 0 Å². The van der Waals surface area contributed by atoms with Gasteiger partial charge in [0.25, 0.3) is 0 Å². The first-order valence-corrected chi connectivity index (χ1v) is 5.86. The summed E-state index contributed by atoms with van der Waals surface area (Å²) in [5, 5.41) is 8.60. The van der Waals surface area contributed by atoms with Gasteiger partial charge in [-0.3, -0.25) is 0 Å². The molecule has 0 aromatic rings. The van der Waals surface area contributed by atoms with Crippen molar-refractivity contribution in [3.05, 3.63) is 0 Å². The number of sulfonamides is 1. The Kier molecular flexibility index (Phi) is 5.54. The van der Waals surface area contributed by atoms with Gasteiger partial charge < -0.3 is 5.11 Å². The maximum absolute atomic E-state index is 11.8. The molecule has 0 saturated carbocycles. The van der Waals surface area contributed by atoms with E-state index in [1.54, 1.807) is 6.92 Å². The van der Waals surface area contributed by atoms with Gasteiger partial charge in [0.05, 0.1) is 0 Å². The van der Waals surface area contributed by atoms with E-state index in [2.05, 4.69) is 0 Å². The zero-order valence-corrected chi connectivity index (χ0v) is 9.03. The molecule has 0 fully saturated rings. The molecule has 0 rings (SSSR count). The van der Waals surface area contributed by atoms with Gasteiger partial charge in [0, 0.05) is 13.2 Å². The van der Waals surface area contributed by atoms with Gasteiger partial charge >= 0.3 is 15.5 Å². The smallest absolute Gasteiger partial charge is 0.396 e. The summed E-state index contributed by atoms with van der Waals surface area (Å²) in [5.41, 5.74) is -5.25. The summed E-state index contributed by atoms with van der Waals surface area (Å²) in [6.45, 7) is 1.39. The van der Waals surface area contributed by atoms with Crippen molar-refractivity contribution >= 4 is 10.0 Å². The van der Waals surface area contributed by atoms with Gasteiger partial charge in [-0.2, -0.15) is 13.2 Å². The van der Waals surface area contributed by atoms with Crippen LogP contribution in [0.1, 0.15) is 19.8 Å². The molecule has 1 unspecified atom stereocenters. The lowest BCUT2D eigenvalue weighted by Crippen LogP contribution is -2.37. The SMILES string of the molecule is CC(CO)CCCNS(=O)(=O)C(F)(F)F. The van der Waals surface area contributed by atoms with Crippen LogP contribution in [0.15, 0.2) is 0 Å². The number of aliphatic hydroxyl groups is 1. The monoisotopic (exact) mass is 249 g/mol. The summed E-state index contributed by atoms with van der Waals surface area (Å²) in [5.74, 6) is -0.0413. The third-order valence-corrected chi connectivity index (χ3v) is 2.98. The van der Waals surface area contributed by atoms with E-state index in [4.69, 9.17) is 5.11 Å². The van der Waals surface area contributed by atoms with Crippen LogP contribution < -0.4 is 4.72 Å². The van der Waals surface area contributed by atoms with Crippen LogP contribution in [-0.4, -0.2) is 32.2 Å². The van der Waals surface area contributed by atoms with Crippen LogP contribution in [0.2, 0.25) is 0 Å². The lowest BCUT2D eigenvalue weighted by Gasteiger charge is -2.10. The van der Waals surface area contributed by atoms with Gasteiger partial charge in [-0.15, -0.1) is 0 Å². The van der Waals surface area contributed by atoms with Gasteiger partial charge in [0.15, 0.2) is 0 Å². The Morgan fingerprint density at radius 1 is 1.40 bits per heavy atom. The van der Waals surface area contributed by atoms with Gasteiger partial charge in [0.2, 0.25) is 0 Å². The van der Waals surface area contributed by atoms with Crippen LogP contribution in [0.25, 0.3) is 0 Å². The molecule has 0 heterocycles. The second-order valence-corrected chi connectivity index (χ2v) is 5.03. The lowest BCUT2D eigenvalue weighted by atomic mass is 10.1. The van der Waals surface area contributed by atoms with E-state index in [-0.39, 0.29) is 25.5 Å². The number of aliphatic hydroxyl groups excluding tert-OH is 1. The minimum absolute atomic E-state index is 0.0413. The van der Waals surface area contributed by atoms with Crippen LogP contribution in [0.3, 0.4) is 0 Å². The van der Waals surface area contributed by atoms with Gasteiger partial charge in [-0.05, 0) is 18.8 Å². The van der Waals surface area contributed by atoms with Crippen molar-refractivity contribution in [3.63, 3.8) is 0 Å². The topological polar surface area (TPSA) is 66.4 Å². The Bertz CT molecular complexity index is 276. The van der Waals surface area contributed by atoms with Gasteiger partial charge in [-0.25, -0.2) is 13.1 Å². The summed E-state index contributed by atoms with van der Waals surface area (Å²) < 4.78 is 57.8. The fourth-order valence-corrected chi connectivity index (χ4v) is 1.41. The molecule has 0 aliphatic heterocycles. The third kappa shape index (κ3) is 5.33. The first kappa shape index (κ1) is 14.7. The second-order valence-electron chi connectivity index (χ2n) is 3.27. The molecule has 0 radical (unpaired) electrons. The van der Waals surface area contributed by atoms with Crippen LogP contribution in [0, 0.1) is 5.92 Å². The average molecular weight is 249 g/mol. The summed E-state index contributed by atoms with van der Waals surface area (Å²) in [4.78, 5) is 0. The summed E-state index contributed by atoms with van der Waals surface area (Å²) in [6.07, 6.45) is 0.730. The average Bonchev–Trinajstić information content (AvgIpc) is 2.10. The minimum Gasteiger partial charge on any atom is -0.396 e. The van der Waals surface area contributed by atoms with Crippen molar-refractivity contribution < 1.29 is 26.7 Å². The molecule has 2 N–H and O–H groups in total. The Morgan fingerprint density at radius 3 is 2.33 bits per heavy atom. The largest absolute Gasteiger partial charge is 0.511 e. The standard InChI is InChI=1S/C7H14F3NO3S/c1-6(5-12)3-2-4-11-15(13,14)7(8,9)10/h6,11-12H,2-5H2,1H3. The number of halogens is 3. The fourth-order valence-electron chi connectivity index (χ4n) is 0.830. The van der Waals surface area contributed by atoms with Crippen molar-refractivity contribution in [1.29, 1.82) is 0 Å². The van der Waals surface area contributed by atoms with Crippen molar-refractivity contribution in [3.8, 4) is 0 Å². The lowest BCUT2D eigenvalue weighted by molar-refractivity contribution is -0.0447. The zero-order valence-electron chi connectivity index (χ0n) is 8.21. The number of nitrogens with one attached hydrogen (secondary N) is 1. The highest BCUT2D eigenvalue weighted by atomic mass is 32.2. The molecule has 0 aliphatic carbocycles. The number of rotatable bonds is 6. The Hall–Kier alpha value is -0.340. The zero-order chi connectivity index (χ0) is 12.1. The molecule has 4 nitrogen and oxygen atoms in total. The maximum atomic E-state index is 11.8. The van der Waals surface area contributed by atoms with Crippen molar-refractivity contribution in [2.75, 3.05) is 13.2 Å². The molecule has 15 heavy (non-hydrogen) atoms. The molecule has 0 aromatic heterocycles. The summed E-state index contributed by atoms with van der Waals surface area (Å²) >= 11 is 0. The van der Waals surface area contributed by atoms with E-state index in [0.717, 1.165) is 0 Å². The molecule has 0 bridgehead atoms. The van der Waals surface area contributed by atoms with Gasteiger partial charge in [0.1, 0.15) is 0 Å². The molecule has 0 amide bonds. The second kappa shape index (κ2) is 5.66. The Balaban J connectivity index is 3.88. The van der Waals surface area contributed by atoms with Crippen LogP contribution in [0.4, 0.5) is 13.2 Å².